The Morgan fingerprint density at radius 3 is 2.60 bits per heavy atom. The van der Waals surface area contributed by atoms with Gasteiger partial charge >= 0.3 is 5.97 Å². The Labute approximate surface area is 152 Å². The molecule has 0 bridgehead atoms. The van der Waals surface area contributed by atoms with E-state index in [0.29, 0.717) is 10.7 Å². The number of carbonyl (C=O) groups is 3. The lowest BCUT2D eigenvalue weighted by molar-refractivity contribution is -0.152. The van der Waals surface area contributed by atoms with Crippen LogP contribution in [0.3, 0.4) is 0 Å². The maximum Gasteiger partial charge on any atom is 0.329 e. The van der Waals surface area contributed by atoms with Crippen molar-refractivity contribution in [3.05, 3.63) is 28.8 Å². The first kappa shape index (κ1) is 19.2. The first-order valence-corrected chi connectivity index (χ1v) is 8.75. The average molecular weight is 367 g/mol. The van der Waals surface area contributed by atoms with Crippen LogP contribution in [0.2, 0.25) is 5.02 Å². The first-order chi connectivity index (χ1) is 11.9. The maximum absolute atomic E-state index is 12.3. The summed E-state index contributed by atoms with van der Waals surface area (Å²) in [4.78, 5) is 35.7. The molecular formula is C18H23ClN2O4. The van der Waals surface area contributed by atoms with Gasteiger partial charge in [0.2, 0.25) is 5.91 Å². The van der Waals surface area contributed by atoms with Gasteiger partial charge in [0.05, 0.1) is 0 Å². The van der Waals surface area contributed by atoms with Gasteiger partial charge in [-0.15, -0.1) is 0 Å². The number of rotatable bonds is 6. The zero-order valence-corrected chi connectivity index (χ0v) is 15.2. The van der Waals surface area contributed by atoms with E-state index >= 15 is 0 Å². The van der Waals surface area contributed by atoms with Crippen LogP contribution in [0.15, 0.2) is 18.2 Å². The lowest BCUT2D eigenvalue weighted by Crippen LogP contribution is -2.46. The highest BCUT2D eigenvalue weighted by atomic mass is 35.5. The molecule has 1 aromatic rings. The number of benzene rings is 1. The number of hydrogen-bond donors (Lipinski definition) is 2. The van der Waals surface area contributed by atoms with Gasteiger partial charge in [-0.05, 0) is 43.4 Å². The number of hydrogen-bond acceptors (Lipinski definition) is 4. The molecular weight excluding hydrogens is 344 g/mol. The SMILES string of the molecule is CC(=O)NC(C(=O)OCC(=O)Nc1cccc(Cl)c1C)C1CCCC1. The highest BCUT2D eigenvalue weighted by Crippen LogP contribution is 2.28. The number of nitrogens with one attached hydrogen (secondary N) is 2. The molecule has 0 radical (unpaired) electrons. The summed E-state index contributed by atoms with van der Waals surface area (Å²) >= 11 is 6.01. The van der Waals surface area contributed by atoms with Gasteiger partial charge in [-0.1, -0.05) is 30.5 Å². The van der Waals surface area contributed by atoms with Gasteiger partial charge in [0.1, 0.15) is 6.04 Å². The van der Waals surface area contributed by atoms with E-state index in [4.69, 9.17) is 16.3 Å². The third-order valence-corrected chi connectivity index (χ3v) is 4.78. The second-order valence-corrected chi connectivity index (χ2v) is 6.70. The fourth-order valence-corrected chi connectivity index (χ4v) is 3.21. The lowest BCUT2D eigenvalue weighted by atomic mass is 9.98. The molecule has 136 valence electrons. The van der Waals surface area contributed by atoms with Gasteiger partial charge in [0, 0.05) is 17.6 Å². The van der Waals surface area contributed by atoms with Crippen LogP contribution in [0.5, 0.6) is 0 Å². The summed E-state index contributed by atoms with van der Waals surface area (Å²) in [5, 5.41) is 5.86. The monoisotopic (exact) mass is 366 g/mol. The van der Waals surface area contributed by atoms with Crippen molar-refractivity contribution in [2.75, 3.05) is 11.9 Å². The molecule has 0 aromatic heterocycles. The van der Waals surface area contributed by atoms with Crippen LogP contribution >= 0.6 is 11.6 Å². The molecule has 1 aliphatic rings. The second-order valence-electron chi connectivity index (χ2n) is 6.29. The minimum absolute atomic E-state index is 0.0645. The molecule has 0 heterocycles. The summed E-state index contributed by atoms with van der Waals surface area (Å²) in [5.74, 6) is -1.24. The molecule has 1 atom stereocenters. The number of ether oxygens (including phenoxy) is 1. The Bertz CT molecular complexity index is 656. The topological polar surface area (TPSA) is 84.5 Å². The summed E-state index contributed by atoms with van der Waals surface area (Å²) in [5.41, 5.74) is 1.31. The van der Waals surface area contributed by atoms with E-state index < -0.39 is 24.5 Å². The third kappa shape index (κ3) is 5.46. The van der Waals surface area contributed by atoms with E-state index in [-0.39, 0.29) is 11.8 Å². The van der Waals surface area contributed by atoms with Crippen molar-refractivity contribution in [2.45, 2.75) is 45.6 Å². The summed E-state index contributed by atoms with van der Waals surface area (Å²) in [6.45, 7) is 2.74. The quantitative estimate of drug-likeness (QED) is 0.758. The summed E-state index contributed by atoms with van der Waals surface area (Å²) in [6, 6.07) is 4.48. The van der Waals surface area contributed by atoms with Crippen LogP contribution < -0.4 is 10.6 Å². The largest absolute Gasteiger partial charge is 0.454 e. The van der Waals surface area contributed by atoms with E-state index in [2.05, 4.69) is 10.6 Å². The van der Waals surface area contributed by atoms with Gasteiger partial charge in [-0.3, -0.25) is 9.59 Å². The zero-order valence-electron chi connectivity index (χ0n) is 14.4. The summed E-state index contributed by atoms with van der Waals surface area (Å²) in [6.07, 6.45) is 3.80. The fraction of sp³-hybridized carbons (Fsp3) is 0.500. The van der Waals surface area contributed by atoms with Crippen LogP contribution in [0.4, 0.5) is 5.69 Å². The van der Waals surface area contributed by atoms with Crippen LogP contribution in [0.25, 0.3) is 0 Å². The normalized spacial score (nSPS) is 15.5. The Balaban J connectivity index is 1.91. The van der Waals surface area contributed by atoms with E-state index in [0.717, 1.165) is 31.2 Å². The molecule has 1 fully saturated rings. The van der Waals surface area contributed by atoms with Crippen molar-refractivity contribution >= 4 is 35.1 Å². The fourth-order valence-electron chi connectivity index (χ4n) is 3.03. The van der Waals surface area contributed by atoms with E-state index in [9.17, 15) is 14.4 Å². The van der Waals surface area contributed by atoms with Gasteiger partial charge < -0.3 is 15.4 Å². The summed E-state index contributed by atoms with van der Waals surface area (Å²) in [7, 11) is 0. The highest BCUT2D eigenvalue weighted by molar-refractivity contribution is 6.31. The van der Waals surface area contributed by atoms with Crippen LogP contribution in [0.1, 0.15) is 38.2 Å². The van der Waals surface area contributed by atoms with E-state index in [1.807, 2.05) is 0 Å². The lowest BCUT2D eigenvalue weighted by Gasteiger charge is -2.22. The molecule has 7 heteroatoms. The van der Waals surface area contributed by atoms with Crippen molar-refractivity contribution in [3.63, 3.8) is 0 Å². The predicted octanol–water partition coefficient (Wildman–Crippen LogP) is 2.83. The second kappa shape index (κ2) is 8.85. The smallest absolute Gasteiger partial charge is 0.329 e. The number of esters is 1. The van der Waals surface area contributed by atoms with Crippen molar-refractivity contribution in [1.82, 2.24) is 5.32 Å². The molecule has 1 aliphatic carbocycles. The molecule has 1 unspecified atom stereocenters. The van der Waals surface area contributed by atoms with Crippen molar-refractivity contribution in [2.24, 2.45) is 5.92 Å². The Morgan fingerprint density at radius 1 is 1.28 bits per heavy atom. The van der Waals surface area contributed by atoms with Crippen LogP contribution in [0, 0.1) is 12.8 Å². The molecule has 0 saturated heterocycles. The van der Waals surface area contributed by atoms with E-state index in [1.54, 1.807) is 25.1 Å². The van der Waals surface area contributed by atoms with Crippen LogP contribution in [-0.2, 0) is 19.1 Å². The highest BCUT2D eigenvalue weighted by Gasteiger charge is 2.32. The van der Waals surface area contributed by atoms with E-state index in [1.165, 1.54) is 6.92 Å². The third-order valence-electron chi connectivity index (χ3n) is 4.37. The predicted molar refractivity (Wildman–Crippen MR) is 95.3 cm³/mol. The Hall–Kier alpha value is -2.08. The minimum atomic E-state index is -0.694. The molecule has 6 nitrogen and oxygen atoms in total. The molecule has 2 amide bonds. The van der Waals surface area contributed by atoms with Gasteiger partial charge in [0.15, 0.2) is 6.61 Å². The molecule has 2 N–H and O–H groups in total. The number of carbonyl (C=O) groups excluding carboxylic acids is 3. The molecule has 2 rings (SSSR count). The van der Waals surface area contributed by atoms with Gasteiger partial charge in [-0.25, -0.2) is 4.79 Å². The molecule has 1 saturated carbocycles. The Kier molecular flexibility index (Phi) is 6.82. The number of amides is 2. The van der Waals surface area contributed by atoms with Crippen molar-refractivity contribution in [1.29, 1.82) is 0 Å². The average Bonchev–Trinajstić information content (AvgIpc) is 3.08. The molecule has 25 heavy (non-hydrogen) atoms. The molecule has 1 aromatic carbocycles. The number of anilines is 1. The first-order valence-electron chi connectivity index (χ1n) is 8.37. The number of halogens is 1. The maximum atomic E-state index is 12.3. The van der Waals surface area contributed by atoms with Crippen molar-refractivity contribution < 1.29 is 19.1 Å². The molecule has 0 spiro atoms. The van der Waals surface area contributed by atoms with Crippen LogP contribution in [-0.4, -0.2) is 30.4 Å². The van der Waals surface area contributed by atoms with Gasteiger partial charge in [-0.2, -0.15) is 0 Å². The summed E-state index contributed by atoms with van der Waals surface area (Å²) < 4.78 is 5.12. The zero-order chi connectivity index (χ0) is 18.4. The Morgan fingerprint density at radius 2 is 1.96 bits per heavy atom. The van der Waals surface area contributed by atoms with Crippen molar-refractivity contribution in [3.8, 4) is 0 Å². The minimum Gasteiger partial charge on any atom is -0.454 e. The standard InChI is InChI=1S/C18H23ClN2O4/c1-11-14(19)8-5-9-15(11)21-16(23)10-25-18(24)17(20-12(2)22)13-6-3-4-7-13/h5,8-9,13,17H,3-4,6-7,10H2,1-2H3,(H,20,22)(H,21,23). The molecule has 0 aliphatic heterocycles. The van der Waals surface area contributed by atoms with Gasteiger partial charge in [0.25, 0.3) is 5.91 Å².